The number of carbonyl (C=O) groups is 1. The topological polar surface area (TPSA) is 67.8 Å². The van der Waals surface area contributed by atoms with Gasteiger partial charge < -0.3 is 14.4 Å². The zero-order chi connectivity index (χ0) is 16.2. The molecular weight excluding hydrogens is 296 g/mol. The first-order valence-electron chi connectivity index (χ1n) is 8.18. The molecule has 3 heterocycles. The third-order valence-electron chi connectivity index (χ3n) is 4.61. The van der Waals surface area contributed by atoms with Gasteiger partial charge in [-0.2, -0.15) is 0 Å². The number of aromatic nitrogens is 2. The molecule has 2 saturated heterocycles. The highest BCUT2D eigenvalue weighted by Gasteiger charge is 2.32. The van der Waals surface area contributed by atoms with E-state index in [2.05, 4.69) is 14.9 Å². The van der Waals surface area contributed by atoms with Crippen LogP contribution in [-0.4, -0.2) is 67.0 Å². The van der Waals surface area contributed by atoms with Gasteiger partial charge >= 0.3 is 6.09 Å². The van der Waals surface area contributed by atoms with E-state index in [4.69, 9.17) is 9.47 Å². The van der Waals surface area contributed by atoms with Crippen LogP contribution in [0.5, 0.6) is 0 Å². The number of rotatable bonds is 5. The van der Waals surface area contributed by atoms with Crippen molar-refractivity contribution in [1.82, 2.24) is 14.9 Å². The lowest BCUT2D eigenvalue weighted by atomic mass is 9.94. The smallest absolute Gasteiger partial charge is 0.415 e. The van der Waals surface area contributed by atoms with Crippen molar-refractivity contribution in [3.63, 3.8) is 0 Å². The van der Waals surface area contributed by atoms with E-state index in [0.717, 1.165) is 44.8 Å². The molecule has 0 saturated carbocycles. The first-order chi connectivity index (χ1) is 11.2. The molecule has 0 unspecified atom stereocenters. The number of anilines is 1. The zero-order valence-electron chi connectivity index (χ0n) is 13.8. The lowest BCUT2D eigenvalue weighted by Crippen LogP contribution is -2.35. The highest BCUT2D eigenvalue weighted by Crippen LogP contribution is 2.27. The standard InChI is InChI=1S/C16H24N4O3/c1-12-11-23-16(21)20(12)15-10-17-14(9-18-15)13-3-5-19(6-4-13)7-8-22-2/h9-10,12-13H,3-8,11H2,1-2H3/t12-/m1/s1. The van der Waals surface area contributed by atoms with Gasteiger partial charge in [0, 0.05) is 19.6 Å². The van der Waals surface area contributed by atoms with Crippen LogP contribution in [0.2, 0.25) is 0 Å². The summed E-state index contributed by atoms with van der Waals surface area (Å²) in [5, 5.41) is 0. The Hall–Kier alpha value is -1.73. The third kappa shape index (κ3) is 3.61. The van der Waals surface area contributed by atoms with Crippen LogP contribution in [0.15, 0.2) is 12.4 Å². The molecular formula is C16H24N4O3. The summed E-state index contributed by atoms with van der Waals surface area (Å²) in [5.74, 6) is 1.01. The van der Waals surface area contributed by atoms with Gasteiger partial charge in [-0.15, -0.1) is 0 Å². The second-order valence-corrected chi connectivity index (χ2v) is 6.20. The Bertz CT molecular complexity index is 529. The number of likely N-dealkylation sites (tertiary alicyclic amines) is 1. The van der Waals surface area contributed by atoms with E-state index < -0.39 is 0 Å². The van der Waals surface area contributed by atoms with Crippen LogP contribution in [0.25, 0.3) is 0 Å². The maximum atomic E-state index is 11.7. The fraction of sp³-hybridized carbons (Fsp3) is 0.688. The van der Waals surface area contributed by atoms with Gasteiger partial charge in [0.05, 0.1) is 30.7 Å². The third-order valence-corrected chi connectivity index (χ3v) is 4.61. The summed E-state index contributed by atoms with van der Waals surface area (Å²) in [7, 11) is 1.74. The first kappa shape index (κ1) is 16.1. The predicted molar refractivity (Wildman–Crippen MR) is 85.6 cm³/mol. The molecule has 3 rings (SSSR count). The molecule has 7 nitrogen and oxygen atoms in total. The van der Waals surface area contributed by atoms with Crippen LogP contribution in [0.3, 0.4) is 0 Å². The summed E-state index contributed by atoms with van der Waals surface area (Å²) in [5.41, 5.74) is 1.01. The fourth-order valence-electron chi connectivity index (χ4n) is 3.17. The predicted octanol–water partition coefficient (Wildman–Crippen LogP) is 1.65. The molecule has 7 heteroatoms. The Labute approximate surface area is 136 Å². The van der Waals surface area contributed by atoms with Gasteiger partial charge in [0.25, 0.3) is 0 Å². The molecule has 2 aliphatic rings. The molecule has 2 fully saturated rings. The maximum Gasteiger partial charge on any atom is 0.415 e. The van der Waals surface area contributed by atoms with Crippen LogP contribution in [0.1, 0.15) is 31.4 Å². The SMILES string of the molecule is COCCN1CCC(c2cnc(N3C(=O)OC[C@H]3C)cn2)CC1. The maximum absolute atomic E-state index is 11.7. The van der Waals surface area contributed by atoms with Crippen LogP contribution < -0.4 is 4.90 Å². The van der Waals surface area contributed by atoms with Crippen molar-refractivity contribution in [2.75, 3.05) is 44.9 Å². The molecule has 126 valence electrons. The lowest BCUT2D eigenvalue weighted by Gasteiger charge is -2.31. The summed E-state index contributed by atoms with van der Waals surface area (Å²) in [4.78, 5) is 24.7. The summed E-state index contributed by atoms with van der Waals surface area (Å²) < 4.78 is 10.2. The molecule has 0 N–H and O–H groups in total. The highest BCUT2D eigenvalue weighted by molar-refractivity contribution is 5.88. The minimum Gasteiger partial charge on any atom is -0.447 e. The number of hydrogen-bond acceptors (Lipinski definition) is 6. The van der Waals surface area contributed by atoms with Crippen molar-refractivity contribution in [3.05, 3.63) is 18.1 Å². The van der Waals surface area contributed by atoms with Crippen LogP contribution in [0.4, 0.5) is 10.6 Å². The Morgan fingerprint density at radius 1 is 1.30 bits per heavy atom. The molecule has 0 spiro atoms. The molecule has 0 bridgehead atoms. The number of amides is 1. The Kier molecular flexibility index (Phi) is 5.07. The van der Waals surface area contributed by atoms with E-state index >= 15 is 0 Å². The van der Waals surface area contributed by atoms with Gasteiger partial charge in [0.15, 0.2) is 5.82 Å². The summed E-state index contributed by atoms with van der Waals surface area (Å²) in [6, 6.07) is 0.00618. The number of hydrogen-bond donors (Lipinski definition) is 0. The van der Waals surface area contributed by atoms with Crippen molar-refractivity contribution >= 4 is 11.9 Å². The Morgan fingerprint density at radius 3 is 2.65 bits per heavy atom. The van der Waals surface area contributed by atoms with Crippen LogP contribution in [-0.2, 0) is 9.47 Å². The average molecular weight is 320 g/mol. The lowest BCUT2D eigenvalue weighted by molar-refractivity contribution is 0.130. The highest BCUT2D eigenvalue weighted by atomic mass is 16.6. The molecule has 2 aliphatic heterocycles. The number of nitrogens with zero attached hydrogens (tertiary/aromatic N) is 4. The van der Waals surface area contributed by atoms with E-state index in [1.165, 1.54) is 0 Å². The normalized spacial score (nSPS) is 23.3. The van der Waals surface area contributed by atoms with E-state index in [1.54, 1.807) is 18.2 Å². The van der Waals surface area contributed by atoms with Crippen LogP contribution in [0, 0.1) is 0 Å². The van der Waals surface area contributed by atoms with Crippen molar-refractivity contribution in [3.8, 4) is 0 Å². The van der Waals surface area contributed by atoms with Gasteiger partial charge in [0.2, 0.25) is 0 Å². The monoisotopic (exact) mass is 320 g/mol. The molecule has 1 aromatic rings. The molecule has 1 amide bonds. The van der Waals surface area contributed by atoms with Gasteiger partial charge in [-0.1, -0.05) is 0 Å². The van der Waals surface area contributed by atoms with E-state index in [-0.39, 0.29) is 12.1 Å². The molecule has 0 radical (unpaired) electrons. The first-order valence-corrected chi connectivity index (χ1v) is 8.18. The van der Waals surface area contributed by atoms with Crippen molar-refractivity contribution in [2.24, 2.45) is 0 Å². The summed E-state index contributed by atoms with van der Waals surface area (Å²) >= 11 is 0. The number of ether oxygens (including phenoxy) is 2. The minimum absolute atomic E-state index is 0.00618. The second kappa shape index (κ2) is 7.23. The van der Waals surface area contributed by atoms with E-state index in [9.17, 15) is 4.79 Å². The van der Waals surface area contributed by atoms with Gasteiger partial charge in [-0.05, 0) is 32.9 Å². The fourth-order valence-corrected chi connectivity index (χ4v) is 3.17. The molecule has 0 aromatic carbocycles. The molecule has 1 atom stereocenters. The van der Waals surface area contributed by atoms with E-state index in [1.807, 2.05) is 13.1 Å². The zero-order valence-corrected chi connectivity index (χ0v) is 13.8. The number of methoxy groups -OCH3 is 1. The van der Waals surface area contributed by atoms with Crippen LogP contribution >= 0.6 is 0 Å². The van der Waals surface area contributed by atoms with Gasteiger partial charge in [-0.25, -0.2) is 9.78 Å². The number of piperidine rings is 1. The Balaban J connectivity index is 1.59. The van der Waals surface area contributed by atoms with Gasteiger partial charge in [0.1, 0.15) is 6.61 Å². The Morgan fingerprint density at radius 2 is 2.09 bits per heavy atom. The average Bonchev–Trinajstić information content (AvgIpc) is 2.92. The van der Waals surface area contributed by atoms with E-state index in [0.29, 0.717) is 18.3 Å². The molecule has 23 heavy (non-hydrogen) atoms. The largest absolute Gasteiger partial charge is 0.447 e. The molecule has 1 aromatic heterocycles. The minimum atomic E-state index is -0.342. The quantitative estimate of drug-likeness (QED) is 0.822. The van der Waals surface area contributed by atoms with Crippen molar-refractivity contribution in [2.45, 2.75) is 31.7 Å². The summed E-state index contributed by atoms with van der Waals surface area (Å²) in [6.45, 7) is 6.24. The second-order valence-electron chi connectivity index (χ2n) is 6.20. The molecule has 0 aliphatic carbocycles. The summed E-state index contributed by atoms with van der Waals surface area (Å²) in [6.07, 6.45) is 5.32. The number of carbonyl (C=O) groups excluding carboxylic acids is 1. The van der Waals surface area contributed by atoms with Crippen molar-refractivity contribution < 1.29 is 14.3 Å². The van der Waals surface area contributed by atoms with Crippen molar-refractivity contribution in [1.29, 1.82) is 0 Å². The van der Waals surface area contributed by atoms with Gasteiger partial charge in [-0.3, -0.25) is 9.88 Å². The number of cyclic esters (lactones) is 1.